The zero-order valence-corrected chi connectivity index (χ0v) is 15.1. The maximum atomic E-state index is 3.49. The molecule has 1 aliphatic heterocycles. The highest BCUT2D eigenvalue weighted by Crippen LogP contribution is 2.41. The molecule has 23 heavy (non-hydrogen) atoms. The zero-order valence-electron chi connectivity index (χ0n) is 13.5. The zero-order chi connectivity index (χ0) is 14.1. The number of fused-ring (bicyclic) bond motifs is 1. The third kappa shape index (κ3) is 3.69. The van der Waals surface area contributed by atoms with Gasteiger partial charge in [0, 0.05) is 49.3 Å². The van der Waals surface area contributed by atoms with Gasteiger partial charge < -0.3 is 10.3 Å². The Labute approximate surface area is 151 Å². The van der Waals surface area contributed by atoms with Crippen molar-refractivity contribution >= 4 is 35.7 Å². The molecule has 1 saturated carbocycles. The number of hydrogen-bond acceptors (Lipinski definition) is 2. The third-order valence-corrected chi connectivity index (χ3v) is 5.33. The maximum Gasteiger partial charge on any atom is 0.0457 e. The van der Waals surface area contributed by atoms with E-state index < -0.39 is 0 Å². The quantitative estimate of drug-likeness (QED) is 0.866. The first-order valence-corrected chi connectivity index (χ1v) is 8.44. The Morgan fingerprint density at radius 2 is 1.70 bits per heavy atom. The van der Waals surface area contributed by atoms with Crippen molar-refractivity contribution in [2.24, 2.45) is 5.92 Å². The second-order valence-electron chi connectivity index (χ2n) is 6.56. The van der Waals surface area contributed by atoms with Crippen LogP contribution in [0.5, 0.6) is 0 Å². The van der Waals surface area contributed by atoms with E-state index in [-0.39, 0.29) is 24.8 Å². The molecule has 0 radical (unpaired) electrons. The van der Waals surface area contributed by atoms with Gasteiger partial charge in [0.15, 0.2) is 0 Å². The van der Waals surface area contributed by atoms with Crippen LogP contribution < -0.4 is 5.32 Å². The number of benzene rings is 1. The Morgan fingerprint density at radius 1 is 1.00 bits per heavy atom. The second kappa shape index (κ2) is 8.39. The van der Waals surface area contributed by atoms with E-state index in [4.69, 9.17) is 0 Å². The molecule has 4 rings (SSSR count). The van der Waals surface area contributed by atoms with Crippen molar-refractivity contribution in [1.82, 2.24) is 15.2 Å². The molecule has 0 unspecified atom stereocenters. The first-order valence-electron chi connectivity index (χ1n) is 8.44. The van der Waals surface area contributed by atoms with Crippen molar-refractivity contribution in [3.63, 3.8) is 0 Å². The molecule has 0 bridgehead atoms. The van der Waals surface area contributed by atoms with Crippen LogP contribution in [0.1, 0.15) is 37.3 Å². The van der Waals surface area contributed by atoms with Gasteiger partial charge in [-0.3, -0.25) is 4.90 Å². The lowest BCUT2D eigenvalue weighted by Gasteiger charge is -2.38. The summed E-state index contributed by atoms with van der Waals surface area (Å²) in [4.78, 5) is 6.21. The normalized spacial score (nSPS) is 20.9. The summed E-state index contributed by atoms with van der Waals surface area (Å²) in [7, 11) is 0. The number of halogens is 2. The first-order chi connectivity index (χ1) is 10.4. The summed E-state index contributed by atoms with van der Waals surface area (Å²) in [6, 6.07) is 9.38. The molecule has 2 N–H and O–H groups in total. The van der Waals surface area contributed by atoms with Gasteiger partial charge in [-0.1, -0.05) is 31.0 Å². The van der Waals surface area contributed by atoms with Crippen LogP contribution in [0.15, 0.2) is 30.5 Å². The highest BCUT2D eigenvalue weighted by Gasteiger charge is 2.33. The molecule has 1 saturated heterocycles. The summed E-state index contributed by atoms with van der Waals surface area (Å²) in [5, 5.41) is 4.92. The predicted molar refractivity (Wildman–Crippen MR) is 102 cm³/mol. The minimum Gasteiger partial charge on any atom is -0.361 e. The van der Waals surface area contributed by atoms with E-state index in [1.165, 1.54) is 55.2 Å². The molecule has 1 aliphatic carbocycles. The number of H-pyrrole nitrogens is 1. The summed E-state index contributed by atoms with van der Waals surface area (Å²) < 4.78 is 0. The number of aromatic amines is 1. The Kier molecular flexibility index (Phi) is 6.78. The molecule has 2 aromatic rings. The molecule has 3 nitrogen and oxygen atoms in total. The monoisotopic (exact) mass is 355 g/mol. The van der Waals surface area contributed by atoms with E-state index in [2.05, 4.69) is 45.7 Å². The molecule has 2 aliphatic rings. The van der Waals surface area contributed by atoms with Crippen molar-refractivity contribution in [2.45, 2.75) is 31.7 Å². The predicted octanol–water partition coefficient (Wildman–Crippen LogP) is 4.15. The smallest absolute Gasteiger partial charge is 0.0457 e. The van der Waals surface area contributed by atoms with Crippen LogP contribution in [0.25, 0.3) is 10.9 Å². The van der Waals surface area contributed by atoms with Crippen molar-refractivity contribution in [1.29, 1.82) is 0 Å². The molecule has 1 aromatic carbocycles. The van der Waals surface area contributed by atoms with Crippen LogP contribution in [0.4, 0.5) is 0 Å². The molecule has 128 valence electrons. The number of aromatic nitrogens is 1. The van der Waals surface area contributed by atoms with E-state index in [9.17, 15) is 0 Å². The lowest BCUT2D eigenvalue weighted by molar-refractivity contribution is 0.126. The van der Waals surface area contributed by atoms with Gasteiger partial charge >= 0.3 is 0 Å². The Balaban J connectivity index is 0.000000960. The molecule has 2 heterocycles. The molecule has 0 spiro atoms. The van der Waals surface area contributed by atoms with Gasteiger partial charge in [-0.05, 0) is 30.4 Å². The first kappa shape index (κ1) is 18.6. The summed E-state index contributed by atoms with van der Waals surface area (Å²) >= 11 is 0. The van der Waals surface area contributed by atoms with E-state index in [1.807, 2.05) is 0 Å². The average Bonchev–Trinajstić information content (AvgIpc) is 3.20. The van der Waals surface area contributed by atoms with Gasteiger partial charge in [0.05, 0.1) is 0 Å². The van der Waals surface area contributed by atoms with Crippen molar-refractivity contribution in [3.05, 3.63) is 36.0 Å². The van der Waals surface area contributed by atoms with Crippen LogP contribution in [0.3, 0.4) is 0 Å². The number of hydrogen-bond donors (Lipinski definition) is 2. The van der Waals surface area contributed by atoms with E-state index in [0.29, 0.717) is 6.04 Å². The van der Waals surface area contributed by atoms with E-state index >= 15 is 0 Å². The van der Waals surface area contributed by atoms with Crippen molar-refractivity contribution in [2.75, 3.05) is 26.2 Å². The summed E-state index contributed by atoms with van der Waals surface area (Å²) in [6.07, 6.45) is 7.89. The molecule has 1 atom stereocenters. The van der Waals surface area contributed by atoms with Crippen LogP contribution in [0, 0.1) is 5.92 Å². The number of para-hydroxylation sites is 1. The summed E-state index contributed by atoms with van der Waals surface area (Å²) in [5.41, 5.74) is 2.81. The standard InChI is InChI=1S/C18H25N3.2ClH/c1-2-6-14(5-1)18(21-11-9-19-10-12-21)16-13-20-17-8-4-3-7-15(16)17;;/h3-4,7-8,13-14,18-20H,1-2,5-6,9-12H2;2*1H/t18-;;/m1../s1. The fourth-order valence-corrected chi connectivity index (χ4v) is 4.32. The molecule has 2 fully saturated rings. The number of nitrogens with one attached hydrogen (secondary N) is 2. The third-order valence-electron chi connectivity index (χ3n) is 5.33. The van der Waals surface area contributed by atoms with Gasteiger partial charge in [-0.25, -0.2) is 0 Å². The SMILES string of the molecule is Cl.Cl.c1ccc2c([C@@H](C3CCCC3)N3CCNCC3)c[nH]c2c1. The van der Waals surface area contributed by atoms with Gasteiger partial charge in [0.25, 0.3) is 0 Å². The molecule has 1 aromatic heterocycles. The van der Waals surface area contributed by atoms with Gasteiger partial charge in [0.2, 0.25) is 0 Å². The highest BCUT2D eigenvalue weighted by molar-refractivity contribution is 5.85. The van der Waals surface area contributed by atoms with Gasteiger partial charge in [-0.2, -0.15) is 0 Å². The molecular weight excluding hydrogens is 329 g/mol. The topological polar surface area (TPSA) is 31.1 Å². The van der Waals surface area contributed by atoms with Crippen LogP contribution in [-0.2, 0) is 0 Å². The van der Waals surface area contributed by atoms with E-state index in [0.717, 1.165) is 19.0 Å². The summed E-state index contributed by atoms with van der Waals surface area (Å²) in [5.74, 6) is 0.835. The minimum absolute atomic E-state index is 0. The fraction of sp³-hybridized carbons (Fsp3) is 0.556. The Bertz CT molecular complexity index is 601. The van der Waals surface area contributed by atoms with Crippen LogP contribution >= 0.6 is 24.8 Å². The Morgan fingerprint density at radius 3 is 2.43 bits per heavy atom. The van der Waals surface area contributed by atoms with Crippen molar-refractivity contribution < 1.29 is 0 Å². The minimum atomic E-state index is 0. The lowest BCUT2D eigenvalue weighted by atomic mass is 9.89. The van der Waals surface area contributed by atoms with E-state index in [1.54, 1.807) is 0 Å². The van der Waals surface area contributed by atoms with Crippen molar-refractivity contribution in [3.8, 4) is 0 Å². The number of rotatable bonds is 3. The maximum absolute atomic E-state index is 3.49. The summed E-state index contributed by atoms with van der Waals surface area (Å²) in [6.45, 7) is 4.62. The number of piperazine rings is 1. The van der Waals surface area contributed by atoms with Gasteiger partial charge in [0.1, 0.15) is 0 Å². The fourth-order valence-electron chi connectivity index (χ4n) is 4.32. The lowest BCUT2D eigenvalue weighted by Crippen LogP contribution is -2.46. The van der Waals surface area contributed by atoms with Crippen LogP contribution in [-0.4, -0.2) is 36.1 Å². The second-order valence-corrected chi connectivity index (χ2v) is 6.56. The molecular formula is C18H27Cl2N3. The van der Waals surface area contributed by atoms with Gasteiger partial charge in [-0.15, -0.1) is 24.8 Å². The van der Waals surface area contributed by atoms with Crippen LogP contribution in [0.2, 0.25) is 0 Å². The molecule has 0 amide bonds. The highest BCUT2D eigenvalue weighted by atomic mass is 35.5. The molecule has 5 heteroatoms. The average molecular weight is 356 g/mol. The largest absolute Gasteiger partial charge is 0.361 e. The number of nitrogens with zero attached hydrogens (tertiary/aromatic N) is 1. The Hall–Kier alpha value is -0.740.